The molecule has 1 N–H and O–H groups in total. The summed E-state index contributed by atoms with van der Waals surface area (Å²) in [7, 11) is 0. The van der Waals surface area contributed by atoms with Gasteiger partial charge in [-0.3, -0.25) is 0 Å². The molecule has 0 fully saturated rings. The van der Waals surface area contributed by atoms with Crippen molar-refractivity contribution in [1.82, 2.24) is 0 Å². The Kier molecular flexibility index (Phi) is 4.96. The van der Waals surface area contributed by atoms with Gasteiger partial charge in [0.2, 0.25) is 0 Å². The molecule has 0 saturated heterocycles. The first kappa shape index (κ1) is 17.6. The average Bonchev–Trinajstić information content (AvgIpc) is 2.45. The Morgan fingerprint density at radius 3 is 2.42 bits per heavy atom. The highest BCUT2D eigenvalue weighted by molar-refractivity contribution is 5.92. The molecule has 0 spiro atoms. The van der Waals surface area contributed by atoms with E-state index in [0.717, 1.165) is 24.3 Å². The van der Waals surface area contributed by atoms with Crippen molar-refractivity contribution < 1.29 is 36.9 Å². The van der Waals surface area contributed by atoms with Gasteiger partial charge in [0, 0.05) is 6.07 Å². The SMILES string of the molecule is CCOc1cc(F)cc(-c2ccc(OC(F)(F)F)c(C(=O)O)c2)c1. The third kappa shape index (κ3) is 4.37. The van der Waals surface area contributed by atoms with Crippen molar-refractivity contribution in [3.8, 4) is 22.6 Å². The lowest BCUT2D eigenvalue weighted by Gasteiger charge is -2.13. The summed E-state index contributed by atoms with van der Waals surface area (Å²) in [6.07, 6.45) is -5.02. The van der Waals surface area contributed by atoms with Crippen LogP contribution in [0, 0.1) is 5.82 Å². The van der Waals surface area contributed by atoms with Crippen molar-refractivity contribution in [2.45, 2.75) is 13.3 Å². The molecule has 0 atom stereocenters. The first-order valence-electron chi connectivity index (χ1n) is 6.76. The van der Waals surface area contributed by atoms with E-state index in [2.05, 4.69) is 4.74 Å². The van der Waals surface area contributed by atoms with Crippen molar-refractivity contribution in [2.75, 3.05) is 6.61 Å². The first-order valence-corrected chi connectivity index (χ1v) is 6.76. The van der Waals surface area contributed by atoms with E-state index in [1.807, 2.05) is 0 Å². The maximum absolute atomic E-state index is 13.6. The summed E-state index contributed by atoms with van der Waals surface area (Å²) >= 11 is 0. The van der Waals surface area contributed by atoms with Gasteiger partial charge in [-0.25, -0.2) is 9.18 Å². The van der Waals surface area contributed by atoms with Gasteiger partial charge in [-0.05, 0) is 42.3 Å². The highest BCUT2D eigenvalue weighted by Crippen LogP contribution is 2.32. The molecule has 0 amide bonds. The molecular weight excluding hydrogens is 332 g/mol. The van der Waals surface area contributed by atoms with Crippen LogP contribution in [0.3, 0.4) is 0 Å². The molecule has 8 heteroatoms. The molecule has 0 aliphatic carbocycles. The van der Waals surface area contributed by atoms with Gasteiger partial charge < -0.3 is 14.6 Å². The van der Waals surface area contributed by atoms with Crippen LogP contribution in [0.25, 0.3) is 11.1 Å². The van der Waals surface area contributed by atoms with Gasteiger partial charge in [-0.1, -0.05) is 6.07 Å². The number of aromatic carboxylic acids is 1. The molecule has 2 aromatic carbocycles. The van der Waals surface area contributed by atoms with Gasteiger partial charge in [0.15, 0.2) is 0 Å². The highest BCUT2D eigenvalue weighted by Gasteiger charge is 2.33. The monoisotopic (exact) mass is 344 g/mol. The number of carboxylic acid groups (broad SMARTS) is 1. The van der Waals surface area contributed by atoms with Crippen LogP contribution in [0.1, 0.15) is 17.3 Å². The number of alkyl halides is 3. The fraction of sp³-hybridized carbons (Fsp3) is 0.188. The second-order valence-electron chi connectivity index (χ2n) is 4.67. The molecule has 2 rings (SSSR count). The van der Waals surface area contributed by atoms with Crippen LogP contribution in [0.5, 0.6) is 11.5 Å². The predicted octanol–water partition coefficient (Wildman–Crippen LogP) is 4.49. The lowest BCUT2D eigenvalue weighted by atomic mass is 10.0. The number of hydrogen-bond acceptors (Lipinski definition) is 3. The molecule has 0 unspecified atom stereocenters. The Balaban J connectivity index is 2.49. The van der Waals surface area contributed by atoms with Gasteiger partial charge in [0.05, 0.1) is 6.61 Å². The van der Waals surface area contributed by atoms with Gasteiger partial charge in [0.25, 0.3) is 0 Å². The quantitative estimate of drug-likeness (QED) is 0.812. The van der Waals surface area contributed by atoms with Crippen LogP contribution in [0.15, 0.2) is 36.4 Å². The smallest absolute Gasteiger partial charge is 0.494 e. The topological polar surface area (TPSA) is 55.8 Å². The van der Waals surface area contributed by atoms with E-state index in [1.54, 1.807) is 6.92 Å². The van der Waals surface area contributed by atoms with Crippen molar-refractivity contribution in [3.63, 3.8) is 0 Å². The summed E-state index contributed by atoms with van der Waals surface area (Å²) in [5, 5.41) is 9.08. The maximum Gasteiger partial charge on any atom is 0.573 e. The van der Waals surface area contributed by atoms with Gasteiger partial charge >= 0.3 is 12.3 Å². The summed E-state index contributed by atoms with van der Waals surface area (Å²) in [5.74, 6) is -2.85. The molecular formula is C16H12F4O4. The van der Waals surface area contributed by atoms with Crippen LogP contribution in [-0.4, -0.2) is 24.0 Å². The summed E-state index contributed by atoms with van der Waals surface area (Å²) < 4.78 is 59.5. The molecule has 4 nitrogen and oxygen atoms in total. The van der Waals surface area contributed by atoms with Gasteiger partial charge in [-0.15, -0.1) is 13.2 Å². The van der Waals surface area contributed by atoms with E-state index < -0.39 is 29.5 Å². The minimum Gasteiger partial charge on any atom is -0.494 e. The Hall–Kier alpha value is -2.77. The summed E-state index contributed by atoms with van der Waals surface area (Å²) in [6, 6.07) is 6.78. The Bertz CT molecular complexity index is 756. The largest absolute Gasteiger partial charge is 0.573 e. The van der Waals surface area contributed by atoms with Crippen LogP contribution in [0.2, 0.25) is 0 Å². The molecule has 128 valence electrons. The van der Waals surface area contributed by atoms with Crippen LogP contribution in [-0.2, 0) is 0 Å². The lowest BCUT2D eigenvalue weighted by Crippen LogP contribution is -2.19. The second-order valence-corrected chi connectivity index (χ2v) is 4.67. The van der Waals surface area contributed by atoms with E-state index >= 15 is 0 Å². The zero-order valence-electron chi connectivity index (χ0n) is 12.4. The predicted molar refractivity (Wildman–Crippen MR) is 76.6 cm³/mol. The standard InChI is InChI=1S/C16H12F4O4/c1-2-23-12-6-10(5-11(17)8-12)9-3-4-14(24-16(18,19)20)13(7-9)15(21)22/h3-8H,2H2,1H3,(H,21,22). The molecule has 0 bridgehead atoms. The molecule has 0 heterocycles. The summed E-state index contributed by atoms with van der Waals surface area (Å²) in [6.45, 7) is 2.00. The van der Waals surface area contributed by atoms with Crippen molar-refractivity contribution >= 4 is 5.97 Å². The normalized spacial score (nSPS) is 11.2. The van der Waals surface area contributed by atoms with E-state index in [0.29, 0.717) is 6.61 Å². The number of carbonyl (C=O) groups is 1. The number of ether oxygens (including phenoxy) is 2. The second kappa shape index (κ2) is 6.77. The number of halogens is 4. The highest BCUT2D eigenvalue weighted by atomic mass is 19.4. The Labute approximate surface area is 134 Å². The van der Waals surface area contributed by atoms with Crippen molar-refractivity contribution in [3.05, 3.63) is 47.8 Å². The van der Waals surface area contributed by atoms with Crippen LogP contribution in [0.4, 0.5) is 17.6 Å². The van der Waals surface area contributed by atoms with Gasteiger partial charge in [0.1, 0.15) is 22.9 Å². The molecule has 0 aromatic heterocycles. The third-order valence-corrected chi connectivity index (χ3v) is 2.95. The number of rotatable bonds is 5. The average molecular weight is 344 g/mol. The molecule has 0 aliphatic rings. The van der Waals surface area contributed by atoms with Gasteiger partial charge in [-0.2, -0.15) is 0 Å². The minimum atomic E-state index is -5.02. The zero-order chi connectivity index (χ0) is 17.9. The number of benzene rings is 2. The number of carboxylic acids is 1. The molecule has 24 heavy (non-hydrogen) atoms. The Morgan fingerprint density at radius 2 is 1.83 bits per heavy atom. The van der Waals surface area contributed by atoms with E-state index in [-0.39, 0.29) is 16.9 Å². The van der Waals surface area contributed by atoms with Crippen LogP contribution >= 0.6 is 0 Å². The maximum atomic E-state index is 13.6. The third-order valence-electron chi connectivity index (χ3n) is 2.95. The van der Waals surface area contributed by atoms with E-state index in [4.69, 9.17) is 9.84 Å². The zero-order valence-corrected chi connectivity index (χ0v) is 12.4. The minimum absolute atomic E-state index is 0.211. The lowest BCUT2D eigenvalue weighted by molar-refractivity contribution is -0.274. The van der Waals surface area contributed by atoms with Crippen molar-refractivity contribution in [1.29, 1.82) is 0 Å². The molecule has 2 aromatic rings. The molecule has 0 aliphatic heterocycles. The molecule has 0 saturated carbocycles. The van der Waals surface area contributed by atoms with E-state index in [9.17, 15) is 22.4 Å². The molecule has 0 radical (unpaired) electrons. The number of hydrogen-bond donors (Lipinski definition) is 1. The fourth-order valence-electron chi connectivity index (χ4n) is 2.07. The fourth-order valence-corrected chi connectivity index (χ4v) is 2.07. The first-order chi connectivity index (χ1) is 11.2. The Morgan fingerprint density at radius 1 is 1.12 bits per heavy atom. The summed E-state index contributed by atoms with van der Waals surface area (Å²) in [4.78, 5) is 11.2. The summed E-state index contributed by atoms with van der Waals surface area (Å²) in [5.41, 5.74) is -0.214. The van der Waals surface area contributed by atoms with E-state index in [1.165, 1.54) is 12.1 Å². The van der Waals surface area contributed by atoms with Crippen molar-refractivity contribution in [2.24, 2.45) is 0 Å². The van der Waals surface area contributed by atoms with Crippen LogP contribution < -0.4 is 9.47 Å².